The molecule has 4 heterocycles. The monoisotopic (exact) mass is 750 g/mol. The third kappa shape index (κ3) is 7.02. The van der Waals surface area contributed by atoms with Crippen LogP contribution in [0, 0.1) is 0 Å². The summed E-state index contributed by atoms with van der Waals surface area (Å²) < 4.78 is 5.68. The molecule has 10 rings (SSSR count). The van der Waals surface area contributed by atoms with Gasteiger partial charge in [0.05, 0.1) is 27.9 Å². The van der Waals surface area contributed by atoms with Gasteiger partial charge >= 0.3 is 0 Å². The van der Waals surface area contributed by atoms with Crippen LogP contribution in [0.1, 0.15) is 0 Å². The minimum Gasteiger partial charge on any atom is -0.423 e. The largest absolute Gasteiger partial charge is 0.423 e. The number of hydrogen-bond acceptors (Lipinski definition) is 10. The molecule has 0 bridgehead atoms. The Morgan fingerprint density at radius 2 is 1.02 bits per heavy atom. The fourth-order valence-corrected chi connectivity index (χ4v) is 7.08. The number of nitrogens with zero attached hydrogens (tertiary/aromatic N) is 4. The van der Waals surface area contributed by atoms with Crippen molar-refractivity contribution in [2.24, 2.45) is 0 Å². The van der Waals surface area contributed by atoms with Crippen LogP contribution in [-0.2, 0) is 0 Å². The molecule has 10 aromatic rings. The van der Waals surface area contributed by atoms with Gasteiger partial charge in [-0.15, -0.1) is 11.3 Å². The van der Waals surface area contributed by atoms with Gasteiger partial charge in [-0.25, -0.2) is 15.2 Å². The highest BCUT2D eigenvalue weighted by Gasteiger charge is 2.11. The zero-order chi connectivity index (χ0) is 37.8. The van der Waals surface area contributed by atoms with E-state index in [1.54, 1.807) is 17.4 Å². The topological polar surface area (TPSA) is 154 Å². The Bertz CT molecular complexity index is 3050. The van der Waals surface area contributed by atoms with E-state index in [1.807, 2.05) is 139 Å². The molecule has 0 saturated heterocycles. The second-order valence-electron chi connectivity index (χ2n) is 12.7. The summed E-state index contributed by atoms with van der Waals surface area (Å²) in [5.74, 6) is 0. The third-order valence-electron chi connectivity index (χ3n) is 9.08. The van der Waals surface area contributed by atoms with Crippen molar-refractivity contribution in [2.45, 2.75) is 0 Å². The molecule has 11 nitrogen and oxygen atoms in total. The maximum atomic E-state index is 12.0. The molecule has 56 heavy (non-hydrogen) atoms. The van der Waals surface area contributed by atoms with Crippen molar-refractivity contribution >= 4 is 66.5 Å². The zero-order valence-electron chi connectivity index (χ0n) is 29.4. The highest BCUT2D eigenvalue weighted by molar-refractivity contribution is 7.14. The number of oxazole rings is 1. The molecule has 0 radical (unpaired) electrons. The summed E-state index contributed by atoms with van der Waals surface area (Å²) in [5.41, 5.74) is 8.35. The van der Waals surface area contributed by atoms with E-state index < -0.39 is 0 Å². The first-order valence-corrected chi connectivity index (χ1v) is 18.5. The van der Waals surface area contributed by atoms with Gasteiger partial charge in [-0.3, -0.25) is 9.59 Å². The van der Waals surface area contributed by atoms with Gasteiger partial charge in [0.2, 0.25) is 0 Å². The average Bonchev–Trinajstić information content (AvgIpc) is 3.90. The second kappa shape index (κ2) is 15.0. The second-order valence-corrected chi connectivity index (χ2v) is 13.5. The minimum atomic E-state index is -0.191. The summed E-state index contributed by atoms with van der Waals surface area (Å²) in [7, 11) is 0. The molecule has 0 aliphatic rings. The molecule has 270 valence electrons. The van der Waals surface area contributed by atoms with E-state index in [-0.39, 0.29) is 11.1 Å². The zero-order valence-corrected chi connectivity index (χ0v) is 30.2. The predicted molar refractivity (Wildman–Crippen MR) is 224 cm³/mol. The van der Waals surface area contributed by atoms with E-state index in [9.17, 15) is 9.59 Å². The smallest absolute Gasteiger partial charge is 0.300 e. The normalized spacial score (nSPS) is 11.0. The standard InChI is InChI=1S/C23H16N4OS.C21H14N4O2/c28-22-19-9-5-4-8-18(19)21(26-27-22)16-10-12-17(13-11-16)24-23-25-20(14-29-23)15-6-2-1-3-7-15;26-20-16-6-2-1-5-15(16)19(24-25-20)13-9-11-14(12-10-13)22-21-23-17-7-3-4-8-18(17)27-21/h1-14H,(H,24,25)(H,27,28);1-12H,(H,22,23)(H,25,26). The van der Waals surface area contributed by atoms with Crippen LogP contribution in [0.3, 0.4) is 0 Å². The van der Waals surface area contributed by atoms with Gasteiger partial charge in [0.15, 0.2) is 10.7 Å². The first-order valence-electron chi connectivity index (χ1n) is 17.6. The van der Waals surface area contributed by atoms with Crippen molar-refractivity contribution in [3.63, 3.8) is 0 Å². The molecule has 0 aliphatic carbocycles. The van der Waals surface area contributed by atoms with Gasteiger partial charge in [-0.1, -0.05) is 103 Å². The van der Waals surface area contributed by atoms with Crippen LogP contribution in [0.25, 0.3) is 66.4 Å². The maximum Gasteiger partial charge on any atom is 0.300 e. The Balaban J connectivity index is 0.000000147. The average molecular weight is 751 g/mol. The summed E-state index contributed by atoms with van der Waals surface area (Å²) in [5, 5.41) is 25.9. The first kappa shape index (κ1) is 34.1. The van der Waals surface area contributed by atoms with Crippen LogP contribution in [0.2, 0.25) is 0 Å². The lowest BCUT2D eigenvalue weighted by atomic mass is 10.0. The number of benzene rings is 6. The molecule has 0 saturated carbocycles. The Labute approximate surface area is 322 Å². The highest BCUT2D eigenvalue weighted by atomic mass is 32.1. The van der Waals surface area contributed by atoms with Crippen LogP contribution in [0.4, 0.5) is 22.5 Å². The van der Waals surface area contributed by atoms with Crippen LogP contribution in [0.5, 0.6) is 0 Å². The van der Waals surface area contributed by atoms with Gasteiger partial charge in [-0.05, 0) is 48.5 Å². The molecule has 0 aliphatic heterocycles. The van der Waals surface area contributed by atoms with E-state index in [0.29, 0.717) is 16.8 Å². The molecule has 0 unspecified atom stereocenters. The number of H-pyrrole nitrogens is 2. The number of hydrogen-bond donors (Lipinski definition) is 4. The number of rotatable bonds is 7. The first-order chi connectivity index (χ1) is 27.6. The van der Waals surface area contributed by atoms with E-state index in [1.165, 1.54) is 0 Å². The minimum absolute atomic E-state index is 0.180. The van der Waals surface area contributed by atoms with E-state index in [4.69, 9.17) is 4.42 Å². The molecule has 12 heteroatoms. The lowest BCUT2D eigenvalue weighted by Gasteiger charge is -2.07. The fourth-order valence-electron chi connectivity index (χ4n) is 6.34. The highest BCUT2D eigenvalue weighted by Crippen LogP contribution is 2.30. The number of anilines is 4. The Morgan fingerprint density at radius 3 is 1.61 bits per heavy atom. The molecular formula is C44H30N8O3S. The summed E-state index contributed by atoms with van der Waals surface area (Å²) in [6.45, 7) is 0. The van der Waals surface area contributed by atoms with Crippen LogP contribution in [-0.4, -0.2) is 30.4 Å². The molecule has 0 fully saturated rings. The molecule has 0 amide bonds. The van der Waals surface area contributed by atoms with Crippen molar-refractivity contribution in [1.82, 2.24) is 30.4 Å². The summed E-state index contributed by atoms with van der Waals surface area (Å²) in [4.78, 5) is 33.0. The van der Waals surface area contributed by atoms with Gasteiger partial charge < -0.3 is 15.1 Å². The lowest BCUT2D eigenvalue weighted by Crippen LogP contribution is -2.09. The Morgan fingerprint density at radius 1 is 0.500 bits per heavy atom. The molecule has 0 atom stereocenters. The Hall–Kier alpha value is -7.70. The van der Waals surface area contributed by atoms with Crippen molar-refractivity contribution in [1.29, 1.82) is 0 Å². The van der Waals surface area contributed by atoms with Crippen molar-refractivity contribution < 1.29 is 4.42 Å². The van der Waals surface area contributed by atoms with Crippen molar-refractivity contribution in [3.8, 4) is 33.8 Å². The van der Waals surface area contributed by atoms with E-state index >= 15 is 0 Å². The number of para-hydroxylation sites is 2. The Kier molecular flexibility index (Phi) is 9.11. The number of aromatic nitrogens is 6. The van der Waals surface area contributed by atoms with Gasteiger partial charge in [0, 0.05) is 44.2 Å². The number of fused-ring (bicyclic) bond motifs is 3. The SMILES string of the molecule is O=c1[nH]nc(-c2ccc(Nc3nc(-c4ccccc4)cs3)cc2)c2ccccc12.O=c1[nH]nc(-c2ccc(Nc3nc4ccccc4o3)cc2)c2ccccc12. The molecule has 4 aromatic heterocycles. The van der Waals surface area contributed by atoms with Crippen molar-refractivity contribution in [3.05, 3.63) is 178 Å². The number of thiazole rings is 1. The van der Waals surface area contributed by atoms with Gasteiger partial charge in [0.25, 0.3) is 17.1 Å². The number of aromatic amines is 2. The van der Waals surface area contributed by atoms with Crippen LogP contribution in [0.15, 0.2) is 171 Å². The number of nitrogens with one attached hydrogen (secondary N) is 4. The molecular weight excluding hydrogens is 721 g/mol. The predicted octanol–water partition coefficient (Wildman–Crippen LogP) is 9.93. The van der Waals surface area contributed by atoms with Gasteiger partial charge in [-0.2, -0.15) is 15.2 Å². The van der Waals surface area contributed by atoms with Crippen LogP contribution >= 0.6 is 11.3 Å². The quantitative estimate of drug-likeness (QED) is 0.125. The van der Waals surface area contributed by atoms with Gasteiger partial charge in [0.1, 0.15) is 5.52 Å². The van der Waals surface area contributed by atoms with Crippen molar-refractivity contribution in [2.75, 3.05) is 10.6 Å². The fraction of sp³-hybridized carbons (Fsp3) is 0. The summed E-state index contributed by atoms with van der Waals surface area (Å²) >= 11 is 1.57. The molecule has 6 aromatic carbocycles. The maximum absolute atomic E-state index is 12.0. The third-order valence-corrected chi connectivity index (χ3v) is 9.84. The summed E-state index contributed by atoms with van der Waals surface area (Å²) in [6, 6.07) is 48.8. The molecule has 0 spiro atoms. The lowest BCUT2D eigenvalue weighted by molar-refractivity contribution is 0.623. The summed E-state index contributed by atoms with van der Waals surface area (Å²) in [6.07, 6.45) is 0. The molecule has 4 N–H and O–H groups in total. The van der Waals surface area contributed by atoms with Crippen LogP contribution < -0.4 is 21.8 Å². The van der Waals surface area contributed by atoms with E-state index in [0.717, 1.165) is 72.2 Å². The van der Waals surface area contributed by atoms with E-state index in [2.05, 4.69) is 53.1 Å².